The zero-order valence-corrected chi connectivity index (χ0v) is 9.64. The summed E-state index contributed by atoms with van der Waals surface area (Å²) >= 11 is 0. The normalized spacial score (nSPS) is 52.6. The van der Waals surface area contributed by atoms with Crippen molar-refractivity contribution in [2.75, 3.05) is 0 Å². The van der Waals surface area contributed by atoms with Gasteiger partial charge in [0.25, 0.3) is 0 Å². The molecule has 0 nitrogen and oxygen atoms in total. The Hall–Kier alpha value is 0. The van der Waals surface area contributed by atoms with E-state index in [1.54, 1.807) is 0 Å². The summed E-state index contributed by atoms with van der Waals surface area (Å²) < 4.78 is 0. The fourth-order valence-electron chi connectivity index (χ4n) is 4.63. The minimum atomic E-state index is 0.861. The van der Waals surface area contributed by atoms with Crippen molar-refractivity contribution in [2.45, 2.75) is 53.4 Å². The quantitative estimate of drug-likeness (QED) is 0.611. The van der Waals surface area contributed by atoms with Gasteiger partial charge in [0.2, 0.25) is 0 Å². The average molecular weight is 180 g/mol. The lowest BCUT2D eigenvalue weighted by Crippen LogP contribution is -1.84. The Morgan fingerprint density at radius 1 is 0.923 bits per heavy atom. The van der Waals surface area contributed by atoms with Gasteiger partial charge in [-0.3, -0.25) is 0 Å². The molecule has 0 aliphatic heterocycles. The van der Waals surface area contributed by atoms with Gasteiger partial charge in [-0.1, -0.05) is 47.0 Å². The van der Waals surface area contributed by atoms with E-state index in [1.165, 1.54) is 25.7 Å². The van der Waals surface area contributed by atoms with Crippen LogP contribution in [0.25, 0.3) is 0 Å². The second-order valence-electron chi connectivity index (χ2n) is 5.21. The van der Waals surface area contributed by atoms with Crippen molar-refractivity contribution in [3.8, 4) is 0 Å². The monoisotopic (exact) mass is 180 g/mol. The molecule has 2 aliphatic rings. The van der Waals surface area contributed by atoms with Crippen molar-refractivity contribution in [2.24, 2.45) is 29.1 Å². The molecule has 5 atom stereocenters. The molecule has 0 bridgehead atoms. The SMILES string of the molecule is CCCC1C(CC)C12C(C)C2CC. The first-order chi connectivity index (χ1) is 6.24. The largest absolute Gasteiger partial charge is 0.0654 e. The van der Waals surface area contributed by atoms with Crippen LogP contribution < -0.4 is 0 Å². The van der Waals surface area contributed by atoms with E-state index in [0.717, 1.165) is 29.1 Å². The van der Waals surface area contributed by atoms with Crippen LogP contribution in [0.4, 0.5) is 0 Å². The molecule has 2 fully saturated rings. The van der Waals surface area contributed by atoms with Gasteiger partial charge in [-0.05, 0) is 35.5 Å². The maximum atomic E-state index is 2.49. The Bertz CT molecular complexity index is 196. The van der Waals surface area contributed by atoms with E-state index >= 15 is 0 Å². The first kappa shape index (κ1) is 9.55. The Balaban J connectivity index is 2.02. The third-order valence-corrected chi connectivity index (χ3v) is 5.07. The van der Waals surface area contributed by atoms with Crippen LogP contribution in [0.3, 0.4) is 0 Å². The van der Waals surface area contributed by atoms with E-state index in [-0.39, 0.29) is 0 Å². The maximum absolute atomic E-state index is 2.49. The predicted octanol–water partition coefficient (Wildman–Crippen LogP) is 4.10. The lowest BCUT2D eigenvalue weighted by molar-refractivity contribution is 0.569. The van der Waals surface area contributed by atoms with Crippen molar-refractivity contribution in [3.05, 3.63) is 0 Å². The standard InChI is InChI=1S/C13H24/c1-5-8-12-11(7-3)13(12)9(4)10(13)6-2/h9-12H,5-8H2,1-4H3. The molecular formula is C13H24. The van der Waals surface area contributed by atoms with Crippen molar-refractivity contribution in [3.63, 3.8) is 0 Å². The van der Waals surface area contributed by atoms with E-state index in [1.807, 2.05) is 0 Å². The zero-order valence-electron chi connectivity index (χ0n) is 9.64. The van der Waals surface area contributed by atoms with E-state index < -0.39 is 0 Å². The van der Waals surface area contributed by atoms with Gasteiger partial charge in [-0.2, -0.15) is 0 Å². The minimum Gasteiger partial charge on any atom is -0.0654 e. The highest BCUT2D eigenvalue weighted by Crippen LogP contribution is 2.84. The fourth-order valence-corrected chi connectivity index (χ4v) is 4.63. The van der Waals surface area contributed by atoms with E-state index in [2.05, 4.69) is 27.7 Å². The van der Waals surface area contributed by atoms with Crippen LogP contribution in [0.15, 0.2) is 0 Å². The first-order valence-corrected chi connectivity index (χ1v) is 6.24. The molecule has 2 saturated carbocycles. The van der Waals surface area contributed by atoms with Gasteiger partial charge < -0.3 is 0 Å². The molecule has 0 aromatic heterocycles. The number of rotatable bonds is 4. The van der Waals surface area contributed by atoms with Crippen molar-refractivity contribution < 1.29 is 0 Å². The molecule has 0 N–H and O–H groups in total. The van der Waals surface area contributed by atoms with Crippen molar-refractivity contribution in [1.82, 2.24) is 0 Å². The molecule has 0 heteroatoms. The van der Waals surface area contributed by atoms with Gasteiger partial charge >= 0.3 is 0 Å². The highest BCUT2D eigenvalue weighted by Gasteiger charge is 2.79. The van der Waals surface area contributed by atoms with Crippen molar-refractivity contribution >= 4 is 0 Å². The molecule has 0 heterocycles. The third kappa shape index (κ3) is 0.980. The van der Waals surface area contributed by atoms with E-state index in [9.17, 15) is 0 Å². The Morgan fingerprint density at radius 3 is 1.92 bits per heavy atom. The number of hydrogen-bond acceptors (Lipinski definition) is 0. The summed E-state index contributed by atoms with van der Waals surface area (Å²) in [6, 6.07) is 0. The molecular weight excluding hydrogens is 156 g/mol. The van der Waals surface area contributed by atoms with Crippen LogP contribution in [0.5, 0.6) is 0 Å². The fraction of sp³-hybridized carbons (Fsp3) is 1.00. The Morgan fingerprint density at radius 2 is 1.54 bits per heavy atom. The maximum Gasteiger partial charge on any atom is -0.0176 e. The molecule has 0 radical (unpaired) electrons. The molecule has 0 saturated heterocycles. The van der Waals surface area contributed by atoms with Crippen LogP contribution in [-0.2, 0) is 0 Å². The average Bonchev–Trinajstić information content (AvgIpc) is 2.93. The summed E-state index contributed by atoms with van der Waals surface area (Å²) in [6.07, 6.45) is 5.76. The lowest BCUT2D eigenvalue weighted by atomic mass is 10.1. The topological polar surface area (TPSA) is 0 Å². The summed E-state index contributed by atoms with van der Waals surface area (Å²) in [6.45, 7) is 9.60. The summed E-state index contributed by atoms with van der Waals surface area (Å²) in [4.78, 5) is 0. The van der Waals surface area contributed by atoms with Crippen molar-refractivity contribution in [1.29, 1.82) is 0 Å². The summed E-state index contributed by atoms with van der Waals surface area (Å²) in [5.74, 6) is 4.36. The highest BCUT2D eigenvalue weighted by atomic mass is 14.8. The number of hydrogen-bond donors (Lipinski definition) is 0. The minimum absolute atomic E-state index is 0.861. The van der Waals surface area contributed by atoms with Gasteiger partial charge in [0, 0.05) is 0 Å². The highest BCUT2D eigenvalue weighted by molar-refractivity contribution is 5.26. The summed E-state index contributed by atoms with van der Waals surface area (Å²) in [5, 5.41) is 0. The summed E-state index contributed by atoms with van der Waals surface area (Å²) in [7, 11) is 0. The van der Waals surface area contributed by atoms with Gasteiger partial charge in [0.05, 0.1) is 0 Å². The van der Waals surface area contributed by atoms with Gasteiger partial charge in [-0.25, -0.2) is 0 Å². The van der Waals surface area contributed by atoms with E-state index in [0.29, 0.717) is 0 Å². The van der Waals surface area contributed by atoms with Crippen LogP contribution in [0, 0.1) is 29.1 Å². The molecule has 13 heavy (non-hydrogen) atoms. The van der Waals surface area contributed by atoms with Gasteiger partial charge in [-0.15, -0.1) is 0 Å². The second-order valence-corrected chi connectivity index (χ2v) is 5.21. The smallest absolute Gasteiger partial charge is 0.0176 e. The second kappa shape index (κ2) is 3.00. The Kier molecular flexibility index (Phi) is 2.20. The molecule has 1 spiro atoms. The van der Waals surface area contributed by atoms with Crippen LogP contribution in [0.1, 0.15) is 53.4 Å². The third-order valence-electron chi connectivity index (χ3n) is 5.07. The van der Waals surface area contributed by atoms with Gasteiger partial charge in [0.1, 0.15) is 0 Å². The molecule has 0 aromatic rings. The first-order valence-electron chi connectivity index (χ1n) is 6.24. The molecule has 76 valence electrons. The van der Waals surface area contributed by atoms with Crippen LogP contribution in [0.2, 0.25) is 0 Å². The molecule has 5 unspecified atom stereocenters. The molecule has 2 rings (SSSR count). The van der Waals surface area contributed by atoms with E-state index in [4.69, 9.17) is 0 Å². The predicted molar refractivity (Wildman–Crippen MR) is 57.6 cm³/mol. The molecule has 0 amide bonds. The molecule has 2 aliphatic carbocycles. The Labute approximate surface area is 83.1 Å². The zero-order chi connectivity index (χ0) is 9.64. The molecule has 0 aromatic carbocycles. The van der Waals surface area contributed by atoms with Crippen LogP contribution >= 0.6 is 0 Å². The lowest BCUT2D eigenvalue weighted by Gasteiger charge is -1.92. The van der Waals surface area contributed by atoms with Gasteiger partial charge in [0.15, 0.2) is 0 Å². The van der Waals surface area contributed by atoms with Crippen LogP contribution in [-0.4, -0.2) is 0 Å². The summed E-state index contributed by atoms with van der Waals surface area (Å²) in [5.41, 5.74) is 0.861.